The van der Waals surface area contributed by atoms with Crippen LogP contribution in [0.4, 0.5) is 0 Å². The number of carbonyl (C=O) groups is 3. The Balaban J connectivity index is 4.05. The highest BCUT2D eigenvalue weighted by Crippen LogP contribution is 2.19. The molecular formula is C70H132O6. The number of rotatable bonds is 64. The summed E-state index contributed by atoms with van der Waals surface area (Å²) in [7, 11) is 0. The Morgan fingerprint density at radius 3 is 0.763 bits per heavy atom. The lowest BCUT2D eigenvalue weighted by molar-refractivity contribution is -0.167. The maximum atomic E-state index is 12.9. The van der Waals surface area contributed by atoms with Gasteiger partial charge < -0.3 is 14.2 Å². The van der Waals surface area contributed by atoms with E-state index in [-0.39, 0.29) is 31.1 Å². The molecule has 0 fully saturated rings. The first kappa shape index (κ1) is 73.9. The Morgan fingerprint density at radius 1 is 0.263 bits per heavy atom. The monoisotopic (exact) mass is 1070 g/mol. The van der Waals surface area contributed by atoms with Gasteiger partial charge >= 0.3 is 17.9 Å². The number of hydrogen-bond donors (Lipinski definition) is 0. The third kappa shape index (κ3) is 62.7. The van der Waals surface area contributed by atoms with Crippen molar-refractivity contribution in [2.24, 2.45) is 0 Å². The Kier molecular flexibility index (Phi) is 63.6. The largest absolute Gasteiger partial charge is 0.462 e. The molecule has 6 nitrogen and oxygen atoms in total. The van der Waals surface area contributed by atoms with E-state index < -0.39 is 6.10 Å². The number of carbonyl (C=O) groups excluding carboxylic acids is 3. The average Bonchev–Trinajstić information content (AvgIpc) is 3.42. The second-order valence-electron chi connectivity index (χ2n) is 23.5. The van der Waals surface area contributed by atoms with E-state index in [4.69, 9.17) is 14.2 Å². The number of allylic oxidation sites excluding steroid dienone is 4. The molecule has 0 aromatic rings. The molecule has 0 radical (unpaired) electrons. The molecule has 0 bridgehead atoms. The molecule has 0 aliphatic rings. The fourth-order valence-electron chi connectivity index (χ4n) is 10.5. The summed E-state index contributed by atoms with van der Waals surface area (Å²) in [6, 6.07) is 0. The van der Waals surface area contributed by atoms with Crippen LogP contribution in [0.25, 0.3) is 0 Å². The molecule has 0 heterocycles. The summed E-state index contributed by atoms with van der Waals surface area (Å²) in [5, 5.41) is 0. The Labute approximate surface area is 474 Å². The molecule has 0 saturated carbocycles. The van der Waals surface area contributed by atoms with Gasteiger partial charge in [0.05, 0.1) is 0 Å². The highest BCUT2D eigenvalue weighted by molar-refractivity contribution is 5.71. The molecule has 1 unspecified atom stereocenters. The predicted molar refractivity (Wildman–Crippen MR) is 330 cm³/mol. The first-order chi connectivity index (χ1) is 37.5. The summed E-state index contributed by atoms with van der Waals surface area (Å²) in [6.45, 7) is 6.65. The van der Waals surface area contributed by atoms with Crippen LogP contribution in [0.15, 0.2) is 24.3 Å². The quantitative estimate of drug-likeness (QED) is 0.0261. The van der Waals surface area contributed by atoms with Crippen LogP contribution in [0.2, 0.25) is 0 Å². The first-order valence-corrected chi connectivity index (χ1v) is 34.3. The van der Waals surface area contributed by atoms with Gasteiger partial charge in [0.1, 0.15) is 13.2 Å². The van der Waals surface area contributed by atoms with Crippen molar-refractivity contribution in [3.63, 3.8) is 0 Å². The van der Waals surface area contributed by atoms with E-state index >= 15 is 0 Å². The minimum Gasteiger partial charge on any atom is -0.462 e. The molecular weight excluding hydrogens is 937 g/mol. The molecule has 0 rings (SSSR count). The number of ether oxygens (including phenoxy) is 3. The van der Waals surface area contributed by atoms with Gasteiger partial charge in [-0.15, -0.1) is 0 Å². The van der Waals surface area contributed by atoms with Crippen molar-refractivity contribution in [1.82, 2.24) is 0 Å². The van der Waals surface area contributed by atoms with Gasteiger partial charge in [-0.25, -0.2) is 0 Å². The molecule has 0 aromatic carbocycles. The van der Waals surface area contributed by atoms with E-state index in [9.17, 15) is 14.4 Å². The van der Waals surface area contributed by atoms with Crippen LogP contribution in [0.5, 0.6) is 0 Å². The summed E-state index contributed by atoms with van der Waals surface area (Å²) < 4.78 is 16.9. The summed E-state index contributed by atoms with van der Waals surface area (Å²) in [4.78, 5) is 38.2. The topological polar surface area (TPSA) is 78.9 Å². The first-order valence-electron chi connectivity index (χ1n) is 34.3. The van der Waals surface area contributed by atoms with Crippen LogP contribution in [0, 0.1) is 0 Å². The van der Waals surface area contributed by atoms with Crippen LogP contribution in [0.1, 0.15) is 387 Å². The van der Waals surface area contributed by atoms with Crippen LogP contribution in [-0.2, 0) is 28.6 Å². The van der Waals surface area contributed by atoms with Crippen LogP contribution >= 0.6 is 0 Å². The Bertz CT molecular complexity index is 1230. The minimum atomic E-state index is -0.774. The molecule has 76 heavy (non-hydrogen) atoms. The van der Waals surface area contributed by atoms with E-state index in [0.717, 1.165) is 77.0 Å². The number of unbranched alkanes of at least 4 members (excludes halogenated alkanes) is 49. The third-order valence-corrected chi connectivity index (χ3v) is 15.7. The van der Waals surface area contributed by atoms with Crippen molar-refractivity contribution >= 4 is 17.9 Å². The lowest BCUT2D eigenvalue weighted by Gasteiger charge is -2.18. The molecule has 0 aromatic heterocycles. The highest BCUT2D eigenvalue weighted by Gasteiger charge is 2.19. The maximum absolute atomic E-state index is 12.9. The average molecular weight is 1070 g/mol. The lowest BCUT2D eigenvalue weighted by Crippen LogP contribution is -2.30. The van der Waals surface area contributed by atoms with Gasteiger partial charge in [0, 0.05) is 19.3 Å². The standard InChI is InChI=1S/C70H132O6/c1-4-7-10-13-16-19-22-25-27-28-29-30-31-32-33-34-35-36-37-38-39-40-41-42-43-44-46-48-51-54-57-60-63-69(72)75-66-67(65-74-68(71)62-59-56-53-50-47-24-21-18-15-12-9-6-3)76-70(73)64-61-58-55-52-49-45-26-23-20-17-14-11-8-5-2/h14,17,23,26,67H,4-13,15-16,18-22,24-25,27-66H2,1-3H3/b17-14-,26-23-. The van der Waals surface area contributed by atoms with Crippen molar-refractivity contribution < 1.29 is 28.6 Å². The van der Waals surface area contributed by atoms with Gasteiger partial charge in [0.15, 0.2) is 6.10 Å². The molecule has 0 N–H and O–H groups in total. The van der Waals surface area contributed by atoms with Crippen LogP contribution in [0.3, 0.4) is 0 Å². The molecule has 1 atom stereocenters. The van der Waals surface area contributed by atoms with Crippen molar-refractivity contribution in [3.8, 4) is 0 Å². The predicted octanol–water partition coefficient (Wildman–Crippen LogP) is 23.4. The van der Waals surface area contributed by atoms with E-state index in [0.29, 0.717) is 19.3 Å². The smallest absolute Gasteiger partial charge is 0.306 e. The van der Waals surface area contributed by atoms with Gasteiger partial charge in [0.25, 0.3) is 0 Å². The zero-order valence-electron chi connectivity index (χ0n) is 51.6. The minimum absolute atomic E-state index is 0.0713. The van der Waals surface area contributed by atoms with Crippen molar-refractivity contribution in [2.45, 2.75) is 393 Å². The summed E-state index contributed by atoms with van der Waals surface area (Å²) in [5.41, 5.74) is 0. The Hall–Kier alpha value is -2.11. The molecule has 0 aliphatic carbocycles. The van der Waals surface area contributed by atoms with E-state index in [1.165, 1.54) is 270 Å². The Morgan fingerprint density at radius 2 is 0.487 bits per heavy atom. The zero-order chi connectivity index (χ0) is 55.0. The SMILES string of the molecule is CCCC/C=C\C/C=C\CCCCCCCC(=O)OC(COC(=O)CCCCCCCCCCCCCC)COC(=O)CCCCCCCCCCCCCCCCCCCCCCCCCCCCCCCCCC. The second kappa shape index (κ2) is 65.4. The molecule has 0 spiro atoms. The molecule has 0 aliphatic heterocycles. The van der Waals surface area contributed by atoms with Gasteiger partial charge in [-0.05, 0) is 44.9 Å². The van der Waals surface area contributed by atoms with Gasteiger partial charge in [-0.2, -0.15) is 0 Å². The summed E-state index contributed by atoms with van der Waals surface area (Å²) in [5.74, 6) is -0.860. The van der Waals surface area contributed by atoms with E-state index in [2.05, 4.69) is 45.1 Å². The number of hydrogen-bond acceptors (Lipinski definition) is 6. The van der Waals surface area contributed by atoms with Crippen molar-refractivity contribution in [2.75, 3.05) is 13.2 Å². The molecule has 6 heteroatoms. The van der Waals surface area contributed by atoms with Crippen molar-refractivity contribution in [3.05, 3.63) is 24.3 Å². The normalized spacial score (nSPS) is 12.1. The maximum Gasteiger partial charge on any atom is 0.306 e. The van der Waals surface area contributed by atoms with E-state index in [1.54, 1.807) is 0 Å². The molecule has 448 valence electrons. The third-order valence-electron chi connectivity index (χ3n) is 15.7. The highest BCUT2D eigenvalue weighted by atomic mass is 16.6. The van der Waals surface area contributed by atoms with Gasteiger partial charge in [-0.1, -0.05) is 347 Å². The van der Waals surface area contributed by atoms with Crippen LogP contribution < -0.4 is 0 Å². The van der Waals surface area contributed by atoms with Crippen LogP contribution in [-0.4, -0.2) is 37.2 Å². The molecule has 0 saturated heterocycles. The van der Waals surface area contributed by atoms with E-state index in [1.807, 2.05) is 0 Å². The second-order valence-corrected chi connectivity index (χ2v) is 23.5. The molecule has 0 amide bonds. The lowest BCUT2D eigenvalue weighted by atomic mass is 10.0. The summed E-state index contributed by atoms with van der Waals surface area (Å²) >= 11 is 0. The fraction of sp³-hybridized carbons (Fsp3) is 0.900. The zero-order valence-corrected chi connectivity index (χ0v) is 51.6. The summed E-state index contributed by atoms with van der Waals surface area (Å²) in [6.07, 6.45) is 79.4. The number of esters is 3. The fourth-order valence-corrected chi connectivity index (χ4v) is 10.5. The van der Waals surface area contributed by atoms with Gasteiger partial charge in [-0.3, -0.25) is 14.4 Å². The van der Waals surface area contributed by atoms with Gasteiger partial charge in [0.2, 0.25) is 0 Å². The van der Waals surface area contributed by atoms with Crippen molar-refractivity contribution in [1.29, 1.82) is 0 Å².